The number of nitrogens with zero attached hydrogens (tertiary/aromatic N) is 1. The number of benzene rings is 3. The first-order valence-electron chi connectivity index (χ1n) is 9.22. The van der Waals surface area contributed by atoms with Gasteiger partial charge in [-0.15, -0.1) is 0 Å². The highest BCUT2D eigenvalue weighted by Gasteiger charge is 2.11. The molecule has 0 aliphatic heterocycles. The average Bonchev–Trinajstić information content (AvgIpc) is 2.78. The highest BCUT2D eigenvalue weighted by Crippen LogP contribution is 2.28. The molecule has 0 heterocycles. The predicted octanol–water partition coefficient (Wildman–Crippen LogP) is 6.19. The van der Waals surface area contributed by atoms with Gasteiger partial charge in [-0.05, 0) is 104 Å². The molecule has 0 unspecified atom stereocenters. The molecule has 0 aliphatic rings. The summed E-state index contributed by atoms with van der Waals surface area (Å²) in [6, 6.07) is 22.4. The molecule has 7 heteroatoms. The van der Waals surface area contributed by atoms with E-state index in [0.29, 0.717) is 29.4 Å². The van der Waals surface area contributed by atoms with Crippen LogP contribution in [-0.2, 0) is 11.4 Å². The third-order valence-electron chi connectivity index (χ3n) is 4.29. The molecule has 3 aromatic rings. The van der Waals surface area contributed by atoms with Crippen molar-refractivity contribution < 1.29 is 14.3 Å². The summed E-state index contributed by atoms with van der Waals surface area (Å²) in [5.74, 6) is 0.878. The fourth-order valence-corrected chi connectivity index (χ4v) is 3.52. The third kappa shape index (κ3) is 6.57. The second-order valence-corrected chi connectivity index (χ2v) is 8.56. The first-order valence-corrected chi connectivity index (χ1v) is 11.1. The minimum absolute atomic E-state index is 0.00438. The molecule has 0 saturated heterocycles. The second-order valence-electron chi connectivity index (χ2n) is 6.46. The van der Waals surface area contributed by atoms with Gasteiger partial charge in [-0.2, -0.15) is 5.26 Å². The van der Waals surface area contributed by atoms with Crippen molar-refractivity contribution in [1.82, 2.24) is 0 Å². The number of amides is 1. The third-order valence-corrected chi connectivity index (χ3v) is 5.63. The van der Waals surface area contributed by atoms with Gasteiger partial charge in [-0.3, -0.25) is 4.79 Å². The number of carbonyl (C=O) groups is 1. The van der Waals surface area contributed by atoms with Gasteiger partial charge in [0.05, 0.1) is 11.6 Å². The van der Waals surface area contributed by atoms with E-state index in [9.17, 15) is 10.1 Å². The molecule has 0 aliphatic carbocycles. The van der Waals surface area contributed by atoms with E-state index in [0.717, 1.165) is 10.0 Å². The summed E-state index contributed by atoms with van der Waals surface area (Å²) < 4.78 is 12.9. The number of nitriles is 1. The fraction of sp³-hybridized carbons (Fsp3) is 0.0833. The number of halogens is 2. The van der Waals surface area contributed by atoms with Crippen molar-refractivity contribution in [1.29, 1.82) is 5.26 Å². The van der Waals surface area contributed by atoms with E-state index in [1.54, 1.807) is 49.6 Å². The summed E-state index contributed by atoms with van der Waals surface area (Å²) >= 11 is 5.76. The highest BCUT2D eigenvalue weighted by atomic mass is 127. The smallest absolute Gasteiger partial charge is 0.266 e. The Hall–Kier alpha value is -2.83. The summed E-state index contributed by atoms with van der Waals surface area (Å²) in [7, 11) is 1.57. The van der Waals surface area contributed by atoms with E-state index in [-0.39, 0.29) is 5.57 Å². The average molecular weight is 589 g/mol. The summed E-state index contributed by atoms with van der Waals surface area (Å²) in [6.07, 6.45) is 1.53. The summed E-state index contributed by atoms with van der Waals surface area (Å²) in [6.45, 7) is 0.443. The van der Waals surface area contributed by atoms with Crippen LogP contribution in [0.5, 0.6) is 11.5 Å². The monoisotopic (exact) mass is 588 g/mol. The normalized spacial score (nSPS) is 10.8. The van der Waals surface area contributed by atoms with Gasteiger partial charge in [0.1, 0.15) is 29.7 Å². The quantitative estimate of drug-likeness (QED) is 0.203. The van der Waals surface area contributed by atoms with Crippen LogP contribution >= 0.6 is 38.5 Å². The molecular weight excluding hydrogens is 571 g/mol. The van der Waals surface area contributed by atoms with Crippen LogP contribution in [0, 0.1) is 14.9 Å². The fourth-order valence-electron chi connectivity index (χ4n) is 2.65. The van der Waals surface area contributed by atoms with E-state index >= 15 is 0 Å². The molecule has 3 rings (SSSR count). The first-order chi connectivity index (χ1) is 15.0. The Morgan fingerprint density at radius 1 is 1.13 bits per heavy atom. The van der Waals surface area contributed by atoms with Crippen LogP contribution in [0.2, 0.25) is 0 Å². The van der Waals surface area contributed by atoms with Crippen molar-refractivity contribution >= 4 is 56.2 Å². The van der Waals surface area contributed by atoms with Gasteiger partial charge in [0.25, 0.3) is 5.91 Å². The van der Waals surface area contributed by atoms with Gasteiger partial charge in [0.15, 0.2) is 0 Å². The molecule has 0 radical (unpaired) electrons. The Kier molecular flexibility index (Phi) is 8.09. The molecule has 0 atom stereocenters. The molecule has 1 amide bonds. The number of anilines is 1. The van der Waals surface area contributed by atoms with Crippen LogP contribution in [0.25, 0.3) is 6.08 Å². The van der Waals surface area contributed by atoms with Crippen LogP contribution < -0.4 is 14.8 Å². The zero-order valence-electron chi connectivity index (χ0n) is 16.6. The van der Waals surface area contributed by atoms with Gasteiger partial charge in [0, 0.05) is 9.26 Å². The van der Waals surface area contributed by atoms with Crippen molar-refractivity contribution in [3.05, 3.63) is 91.5 Å². The lowest BCUT2D eigenvalue weighted by atomic mass is 10.1. The van der Waals surface area contributed by atoms with Gasteiger partial charge >= 0.3 is 0 Å². The predicted molar refractivity (Wildman–Crippen MR) is 133 cm³/mol. The Morgan fingerprint density at radius 2 is 1.84 bits per heavy atom. The van der Waals surface area contributed by atoms with E-state index in [1.165, 1.54) is 9.65 Å². The topological polar surface area (TPSA) is 71.3 Å². The Labute approximate surface area is 203 Å². The van der Waals surface area contributed by atoms with Gasteiger partial charge in [0.2, 0.25) is 0 Å². The molecule has 0 fully saturated rings. The van der Waals surface area contributed by atoms with Crippen molar-refractivity contribution in [3.63, 3.8) is 0 Å². The van der Waals surface area contributed by atoms with E-state index in [2.05, 4.69) is 43.8 Å². The molecule has 0 aromatic heterocycles. The van der Waals surface area contributed by atoms with Gasteiger partial charge in [-0.25, -0.2) is 0 Å². The number of hydrogen-bond donors (Lipinski definition) is 1. The van der Waals surface area contributed by atoms with E-state index < -0.39 is 5.91 Å². The molecule has 5 nitrogen and oxygen atoms in total. The van der Waals surface area contributed by atoms with Crippen LogP contribution in [0.4, 0.5) is 5.69 Å². The number of hydrogen-bond acceptors (Lipinski definition) is 4. The van der Waals surface area contributed by atoms with Crippen LogP contribution in [0.15, 0.2) is 76.8 Å². The lowest BCUT2D eigenvalue weighted by Gasteiger charge is -2.09. The lowest BCUT2D eigenvalue weighted by molar-refractivity contribution is -0.112. The molecule has 156 valence electrons. The Bertz CT molecular complexity index is 1140. The number of methoxy groups -OCH3 is 1. The number of nitrogens with one attached hydrogen (secondary N) is 1. The van der Waals surface area contributed by atoms with Crippen LogP contribution in [-0.4, -0.2) is 13.0 Å². The van der Waals surface area contributed by atoms with Crippen molar-refractivity contribution in [3.8, 4) is 17.6 Å². The molecule has 0 saturated carbocycles. The standard InChI is InChI=1S/C24H18BrIN2O3/c1-30-21-9-7-20(8-10-21)28-24(29)18(14-27)12-17-4-11-23(22(25)13-17)31-15-16-2-5-19(26)6-3-16/h2-13H,15H2,1H3,(H,28,29)/b18-12-. The SMILES string of the molecule is COc1ccc(NC(=O)/C(C#N)=C\c2ccc(OCc3ccc(I)cc3)c(Br)c2)cc1. The maximum atomic E-state index is 12.5. The van der Waals surface area contributed by atoms with Crippen LogP contribution in [0.3, 0.4) is 0 Å². The maximum absolute atomic E-state index is 12.5. The highest BCUT2D eigenvalue weighted by molar-refractivity contribution is 14.1. The largest absolute Gasteiger partial charge is 0.497 e. The molecule has 0 spiro atoms. The first kappa shape index (κ1) is 22.8. The zero-order chi connectivity index (χ0) is 22.2. The summed E-state index contributed by atoms with van der Waals surface area (Å²) in [4.78, 5) is 12.5. The number of carbonyl (C=O) groups excluding carboxylic acids is 1. The second kappa shape index (κ2) is 11.0. The van der Waals surface area contributed by atoms with Crippen molar-refractivity contribution in [2.45, 2.75) is 6.61 Å². The van der Waals surface area contributed by atoms with E-state index in [4.69, 9.17) is 9.47 Å². The van der Waals surface area contributed by atoms with E-state index in [1.807, 2.05) is 30.3 Å². The van der Waals surface area contributed by atoms with Gasteiger partial charge < -0.3 is 14.8 Å². The summed E-state index contributed by atoms with van der Waals surface area (Å²) in [5, 5.41) is 12.1. The van der Waals surface area contributed by atoms with Crippen molar-refractivity contribution in [2.24, 2.45) is 0 Å². The lowest BCUT2D eigenvalue weighted by Crippen LogP contribution is -2.13. The summed E-state index contributed by atoms with van der Waals surface area (Å²) in [5.41, 5.74) is 2.34. The molecule has 31 heavy (non-hydrogen) atoms. The minimum atomic E-state index is -0.483. The maximum Gasteiger partial charge on any atom is 0.266 e. The minimum Gasteiger partial charge on any atom is -0.497 e. The molecule has 0 bridgehead atoms. The van der Waals surface area contributed by atoms with Gasteiger partial charge in [-0.1, -0.05) is 18.2 Å². The molecule has 3 aromatic carbocycles. The molecular formula is C24H18BrIN2O3. The Balaban J connectivity index is 1.68. The number of ether oxygens (including phenoxy) is 2. The van der Waals surface area contributed by atoms with Crippen molar-refractivity contribution in [2.75, 3.05) is 12.4 Å². The number of rotatable bonds is 7. The molecule has 1 N–H and O–H groups in total. The van der Waals surface area contributed by atoms with Crippen LogP contribution in [0.1, 0.15) is 11.1 Å². The Morgan fingerprint density at radius 3 is 2.45 bits per heavy atom. The zero-order valence-corrected chi connectivity index (χ0v) is 20.3.